The van der Waals surface area contributed by atoms with Crippen LogP contribution in [0.5, 0.6) is 5.75 Å². The van der Waals surface area contributed by atoms with Crippen molar-refractivity contribution in [1.82, 2.24) is 9.78 Å². The topological polar surface area (TPSA) is 64.1 Å². The van der Waals surface area contributed by atoms with Gasteiger partial charge in [-0.15, -0.1) is 16.9 Å². The van der Waals surface area contributed by atoms with Crippen LogP contribution >= 0.6 is 11.8 Å². The van der Waals surface area contributed by atoms with Crippen LogP contribution in [0, 0.1) is 0 Å². The van der Waals surface area contributed by atoms with Gasteiger partial charge in [-0.05, 0) is 18.4 Å². The quantitative estimate of drug-likeness (QED) is 0.760. The largest absolute Gasteiger partial charge is 0.506 e. The molecule has 0 atom stereocenters. The summed E-state index contributed by atoms with van der Waals surface area (Å²) in [7, 11) is 0. The molecule has 0 amide bonds. The molecule has 0 aliphatic rings. The van der Waals surface area contributed by atoms with Crippen molar-refractivity contribution >= 4 is 17.6 Å². The number of aromatic nitrogens is 2. The Bertz CT molecular complexity index is 481. The van der Waals surface area contributed by atoms with Crippen molar-refractivity contribution in [2.45, 2.75) is 5.03 Å². The molecule has 15 heavy (non-hydrogen) atoms. The predicted octanol–water partition coefficient (Wildman–Crippen LogP) is 1.88. The van der Waals surface area contributed by atoms with Gasteiger partial charge < -0.3 is 10.8 Å². The summed E-state index contributed by atoms with van der Waals surface area (Å²) >= 11 is 1.53. The first-order chi connectivity index (χ1) is 7.22. The van der Waals surface area contributed by atoms with E-state index in [9.17, 15) is 5.11 Å². The van der Waals surface area contributed by atoms with E-state index in [2.05, 4.69) is 5.10 Å². The van der Waals surface area contributed by atoms with Crippen LogP contribution in [0.1, 0.15) is 0 Å². The molecule has 2 aromatic rings. The number of nitrogens with two attached hydrogens (primary N) is 1. The molecule has 0 aliphatic heterocycles. The second-order valence-electron chi connectivity index (χ2n) is 3.01. The molecule has 0 saturated heterocycles. The van der Waals surface area contributed by atoms with E-state index >= 15 is 0 Å². The summed E-state index contributed by atoms with van der Waals surface area (Å²) < 4.78 is 1.63. The molecular weight excluding hydrogens is 210 g/mol. The van der Waals surface area contributed by atoms with E-state index < -0.39 is 0 Å². The third-order valence-corrected chi connectivity index (χ3v) is 2.72. The Hall–Kier alpha value is -1.62. The fraction of sp³-hybridized carbons (Fsp3) is 0.100. The number of phenols is 1. The third-order valence-electron chi connectivity index (χ3n) is 2.01. The monoisotopic (exact) mass is 221 g/mol. The van der Waals surface area contributed by atoms with Crippen molar-refractivity contribution in [3.05, 3.63) is 30.3 Å². The Morgan fingerprint density at radius 1 is 1.40 bits per heavy atom. The number of hydrogen-bond acceptors (Lipinski definition) is 4. The van der Waals surface area contributed by atoms with Gasteiger partial charge in [-0.25, -0.2) is 4.68 Å². The molecule has 1 aromatic heterocycles. The smallest absolute Gasteiger partial charge is 0.147 e. The van der Waals surface area contributed by atoms with E-state index in [1.54, 1.807) is 28.9 Å². The van der Waals surface area contributed by atoms with Crippen molar-refractivity contribution in [3.63, 3.8) is 0 Å². The van der Waals surface area contributed by atoms with Crippen molar-refractivity contribution in [2.24, 2.45) is 0 Å². The van der Waals surface area contributed by atoms with Gasteiger partial charge in [-0.1, -0.05) is 12.1 Å². The molecular formula is C10H11N3OS. The molecule has 4 nitrogen and oxygen atoms in total. The highest BCUT2D eigenvalue weighted by atomic mass is 32.2. The summed E-state index contributed by atoms with van der Waals surface area (Å²) in [6, 6.07) is 8.80. The molecule has 5 heteroatoms. The van der Waals surface area contributed by atoms with Crippen molar-refractivity contribution < 1.29 is 5.11 Å². The maximum absolute atomic E-state index is 9.68. The lowest BCUT2D eigenvalue weighted by molar-refractivity contribution is 0.469. The first-order valence-electron chi connectivity index (χ1n) is 4.40. The second-order valence-corrected chi connectivity index (χ2v) is 3.84. The van der Waals surface area contributed by atoms with Crippen LogP contribution in [-0.4, -0.2) is 21.1 Å². The van der Waals surface area contributed by atoms with E-state index in [1.165, 1.54) is 11.8 Å². The molecule has 0 bridgehead atoms. The number of thioether (sulfide) groups is 1. The van der Waals surface area contributed by atoms with Gasteiger partial charge in [0, 0.05) is 6.07 Å². The fourth-order valence-electron chi connectivity index (χ4n) is 1.34. The molecule has 0 saturated carbocycles. The molecule has 78 valence electrons. The van der Waals surface area contributed by atoms with Crippen LogP contribution in [0.25, 0.3) is 5.69 Å². The first kappa shape index (κ1) is 9.92. The van der Waals surface area contributed by atoms with Crippen LogP contribution in [0.15, 0.2) is 35.4 Å². The number of aromatic hydroxyl groups is 1. The normalized spacial score (nSPS) is 10.5. The van der Waals surface area contributed by atoms with E-state index in [1.807, 2.05) is 12.3 Å². The van der Waals surface area contributed by atoms with Crippen LogP contribution in [0.4, 0.5) is 5.82 Å². The Kier molecular flexibility index (Phi) is 2.55. The van der Waals surface area contributed by atoms with Gasteiger partial charge in [-0.2, -0.15) is 0 Å². The zero-order chi connectivity index (χ0) is 10.8. The Labute approximate surface area is 91.7 Å². The molecule has 1 heterocycles. The minimum atomic E-state index is 0.191. The highest BCUT2D eigenvalue weighted by Gasteiger charge is 2.09. The third kappa shape index (κ3) is 1.78. The number of benzene rings is 1. The average Bonchev–Trinajstić information content (AvgIpc) is 2.60. The summed E-state index contributed by atoms with van der Waals surface area (Å²) in [5.74, 6) is 0.638. The number of phenolic OH excluding ortho intramolecular Hbond substituents is 1. The zero-order valence-corrected chi connectivity index (χ0v) is 9.03. The highest BCUT2D eigenvalue weighted by molar-refractivity contribution is 7.98. The van der Waals surface area contributed by atoms with Gasteiger partial charge in [0.15, 0.2) is 0 Å². The minimum absolute atomic E-state index is 0.191. The first-order valence-corrected chi connectivity index (χ1v) is 5.62. The Morgan fingerprint density at radius 3 is 2.80 bits per heavy atom. The molecule has 0 unspecified atom stereocenters. The lowest BCUT2D eigenvalue weighted by atomic mass is 10.3. The maximum atomic E-state index is 9.68. The summed E-state index contributed by atoms with van der Waals surface area (Å²) in [5, 5.41) is 14.7. The number of nitrogens with zero attached hydrogens (tertiary/aromatic N) is 2. The molecule has 0 radical (unpaired) electrons. The number of para-hydroxylation sites is 2. The van der Waals surface area contributed by atoms with Crippen LogP contribution < -0.4 is 5.73 Å². The predicted molar refractivity (Wildman–Crippen MR) is 61.4 cm³/mol. The molecule has 2 rings (SSSR count). The van der Waals surface area contributed by atoms with Crippen LogP contribution in [-0.2, 0) is 0 Å². The standard InChI is InChI=1S/C10H11N3OS/c1-15-10-6-9(11)12-13(10)7-4-2-3-5-8(7)14/h2-6,14H,1H3,(H2,11,12). The van der Waals surface area contributed by atoms with Crippen molar-refractivity contribution in [3.8, 4) is 11.4 Å². The van der Waals surface area contributed by atoms with Gasteiger partial charge in [0.2, 0.25) is 0 Å². The number of anilines is 1. The fourth-order valence-corrected chi connectivity index (χ4v) is 1.89. The molecule has 0 aliphatic carbocycles. The van der Waals surface area contributed by atoms with Gasteiger partial charge in [0.05, 0.1) is 0 Å². The molecule has 0 spiro atoms. The van der Waals surface area contributed by atoms with Gasteiger partial charge in [-0.3, -0.25) is 0 Å². The molecule has 3 N–H and O–H groups in total. The minimum Gasteiger partial charge on any atom is -0.506 e. The Balaban J connectivity index is 2.58. The molecule has 1 aromatic carbocycles. The van der Waals surface area contributed by atoms with Crippen LogP contribution in [0.3, 0.4) is 0 Å². The Morgan fingerprint density at radius 2 is 2.13 bits per heavy atom. The van der Waals surface area contributed by atoms with Gasteiger partial charge in [0.1, 0.15) is 22.3 Å². The SMILES string of the molecule is CSc1cc(N)nn1-c1ccccc1O. The maximum Gasteiger partial charge on any atom is 0.147 e. The summed E-state index contributed by atoms with van der Waals surface area (Å²) in [5.41, 5.74) is 6.25. The van der Waals surface area contributed by atoms with E-state index in [-0.39, 0.29) is 5.75 Å². The number of nitrogen functional groups attached to an aromatic ring is 1. The van der Waals surface area contributed by atoms with E-state index in [4.69, 9.17) is 5.73 Å². The average molecular weight is 221 g/mol. The number of rotatable bonds is 2. The summed E-state index contributed by atoms with van der Waals surface area (Å²) in [6.07, 6.45) is 1.94. The van der Waals surface area contributed by atoms with Crippen molar-refractivity contribution in [2.75, 3.05) is 12.0 Å². The van der Waals surface area contributed by atoms with E-state index in [0.717, 1.165) is 5.03 Å². The second kappa shape index (κ2) is 3.86. The summed E-state index contributed by atoms with van der Waals surface area (Å²) in [6.45, 7) is 0. The van der Waals surface area contributed by atoms with E-state index in [0.29, 0.717) is 11.5 Å². The van der Waals surface area contributed by atoms with Crippen molar-refractivity contribution in [1.29, 1.82) is 0 Å². The lowest BCUT2D eigenvalue weighted by Gasteiger charge is -2.06. The number of hydrogen-bond donors (Lipinski definition) is 2. The van der Waals surface area contributed by atoms with Crippen LogP contribution in [0.2, 0.25) is 0 Å². The lowest BCUT2D eigenvalue weighted by Crippen LogP contribution is -1.98. The zero-order valence-electron chi connectivity index (χ0n) is 8.21. The molecule has 0 fully saturated rings. The highest BCUT2D eigenvalue weighted by Crippen LogP contribution is 2.26. The summed E-state index contributed by atoms with van der Waals surface area (Å²) in [4.78, 5) is 0. The van der Waals surface area contributed by atoms with Gasteiger partial charge in [0.25, 0.3) is 0 Å². The van der Waals surface area contributed by atoms with Gasteiger partial charge >= 0.3 is 0 Å².